The van der Waals surface area contributed by atoms with Crippen molar-refractivity contribution in [3.8, 4) is 0 Å². The molecule has 1 saturated heterocycles. The van der Waals surface area contributed by atoms with Gasteiger partial charge >= 0.3 is 12.1 Å². The summed E-state index contributed by atoms with van der Waals surface area (Å²) in [5.74, 6) is -0.442. The first kappa shape index (κ1) is 17.8. The van der Waals surface area contributed by atoms with Gasteiger partial charge in [0.15, 0.2) is 0 Å². The van der Waals surface area contributed by atoms with Crippen molar-refractivity contribution in [1.29, 1.82) is 0 Å². The van der Waals surface area contributed by atoms with E-state index in [0.29, 0.717) is 13.1 Å². The Labute approximate surface area is 140 Å². The van der Waals surface area contributed by atoms with E-state index in [-0.39, 0.29) is 31.0 Å². The first-order chi connectivity index (χ1) is 11.5. The number of hydrogen-bond donors (Lipinski definition) is 1. The standard InChI is InChI=1S/C17H22N2O5/c1-12(10-23-13(2)20)8-19-9-15(16(19)21)18-17(22)24-11-14-6-4-3-5-7-14/h3-7,12,15H,8-11H2,1-2H3,(H,18,22)/t12?,15-/m0/s1. The van der Waals surface area contributed by atoms with Crippen molar-refractivity contribution in [2.75, 3.05) is 19.7 Å². The van der Waals surface area contributed by atoms with Crippen molar-refractivity contribution in [2.45, 2.75) is 26.5 Å². The van der Waals surface area contributed by atoms with Crippen LogP contribution in [0.15, 0.2) is 30.3 Å². The number of rotatable bonds is 7. The lowest BCUT2D eigenvalue weighted by atomic mass is 10.0. The van der Waals surface area contributed by atoms with Crippen molar-refractivity contribution in [1.82, 2.24) is 10.2 Å². The number of hydrogen-bond acceptors (Lipinski definition) is 5. The van der Waals surface area contributed by atoms with Crippen LogP contribution in [0.2, 0.25) is 0 Å². The normalized spacial score (nSPS) is 17.7. The average molecular weight is 334 g/mol. The molecule has 0 saturated carbocycles. The summed E-state index contributed by atoms with van der Waals surface area (Å²) in [6, 6.07) is 8.77. The minimum Gasteiger partial charge on any atom is -0.466 e. The lowest BCUT2D eigenvalue weighted by molar-refractivity contribution is -0.146. The van der Waals surface area contributed by atoms with Crippen LogP contribution in [0.3, 0.4) is 0 Å². The summed E-state index contributed by atoms with van der Waals surface area (Å²) >= 11 is 0. The molecule has 0 radical (unpaired) electrons. The van der Waals surface area contributed by atoms with Crippen LogP contribution in [0.1, 0.15) is 19.4 Å². The first-order valence-electron chi connectivity index (χ1n) is 7.85. The van der Waals surface area contributed by atoms with E-state index in [1.165, 1.54) is 6.92 Å². The van der Waals surface area contributed by atoms with Crippen LogP contribution in [-0.2, 0) is 25.7 Å². The number of nitrogens with zero attached hydrogens (tertiary/aromatic N) is 1. The van der Waals surface area contributed by atoms with Gasteiger partial charge in [-0.25, -0.2) is 4.79 Å². The van der Waals surface area contributed by atoms with Gasteiger partial charge < -0.3 is 19.7 Å². The third-order valence-electron chi connectivity index (χ3n) is 3.62. The van der Waals surface area contributed by atoms with Crippen molar-refractivity contribution in [2.24, 2.45) is 5.92 Å². The van der Waals surface area contributed by atoms with Crippen LogP contribution in [0.5, 0.6) is 0 Å². The smallest absolute Gasteiger partial charge is 0.408 e. The summed E-state index contributed by atoms with van der Waals surface area (Å²) in [5.41, 5.74) is 0.883. The Morgan fingerprint density at radius 3 is 2.62 bits per heavy atom. The van der Waals surface area contributed by atoms with Gasteiger partial charge in [-0.2, -0.15) is 0 Å². The first-order valence-corrected chi connectivity index (χ1v) is 7.85. The molecule has 130 valence electrons. The molecule has 1 unspecified atom stereocenters. The molecule has 0 spiro atoms. The number of amides is 2. The van der Waals surface area contributed by atoms with Crippen LogP contribution in [0.25, 0.3) is 0 Å². The molecule has 1 fully saturated rings. The number of β-lactam (4-membered cyclic amide) rings is 1. The Morgan fingerprint density at radius 1 is 1.29 bits per heavy atom. The minimum absolute atomic E-state index is 0.0452. The van der Waals surface area contributed by atoms with E-state index in [1.54, 1.807) is 4.90 Å². The molecule has 0 aromatic heterocycles. The van der Waals surface area contributed by atoms with Crippen molar-refractivity contribution in [3.63, 3.8) is 0 Å². The highest BCUT2D eigenvalue weighted by Crippen LogP contribution is 2.13. The molecule has 2 atom stereocenters. The van der Waals surface area contributed by atoms with Gasteiger partial charge in [-0.3, -0.25) is 9.59 Å². The number of carbonyl (C=O) groups is 3. The zero-order chi connectivity index (χ0) is 17.5. The van der Waals surface area contributed by atoms with Gasteiger partial charge in [0.25, 0.3) is 0 Å². The maximum Gasteiger partial charge on any atom is 0.408 e. The van der Waals surface area contributed by atoms with Crippen LogP contribution in [0.4, 0.5) is 4.79 Å². The summed E-state index contributed by atoms with van der Waals surface area (Å²) in [6.07, 6.45) is -0.607. The van der Waals surface area contributed by atoms with Crippen LogP contribution in [-0.4, -0.2) is 48.6 Å². The SMILES string of the molecule is CC(=O)OCC(C)CN1C[C@H](NC(=O)OCc2ccccc2)C1=O. The van der Waals surface area contributed by atoms with Crippen molar-refractivity contribution >= 4 is 18.0 Å². The summed E-state index contributed by atoms with van der Waals surface area (Å²) in [7, 11) is 0. The zero-order valence-electron chi connectivity index (χ0n) is 13.9. The van der Waals surface area contributed by atoms with Crippen LogP contribution >= 0.6 is 0 Å². The van der Waals surface area contributed by atoms with E-state index in [1.807, 2.05) is 37.3 Å². The Hall–Kier alpha value is -2.57. The topological polar surface area (TPSA) is 84.9 Å². The lowest BCUT2D eigenvalue weighted by Crippen LogP contribution is -2.64. The highest BCUT2D eigenvalue weighted by atomic mass is 16.5. The summed E-state index contributed by atoms with van der Waals surface area (Å²) < 4.78 is 9.99. The van der Waals surface area contributed by atoms with Gasteiger partial charge in [-0.05, 0) is 5.56 Å². The zero-order valence-corrected chi connectivity index (χ0v) is 13.9. The fourth-order valence-corrected chi connectivity index (χ4v) is 2.36. The van der Waals surface area contributed by atoms with Gasteiger partial charge in [0.2, 0.25) is 5.91 Å². The maximum atomic E-state index is 12.0. The number of esters is 1. The van der Waals surface area contributed by atoms with Gasteiger partial charge in [0, 0.05) is 19.4 Å². The molecule has 1 aliphatic heterocycles. The van der Waals surface area contributed by atoms with E-state index >= 15 is 0 Å². The molecule has 1 heterocycles. The molecule has 1 aliphatic rings. The third-order valence-corrected chi connectivity index (χ3v) is 3.62. The van der Waals surface area contributed by atoms with Gasteiger partial charge in [-0.1, -0.05) is 37.3 Å². The van der Waals surface area contributed by atoms with Crippen LogP contribution < -0.4 is 5.32 Å². The van der Waals surface area contributed by atoms with E-state index in [2.05, 4.69) is 5.32 Å². The molecule has 2 rings (SSSR count). The third kappa shape index (κ3) is 5.26. The van der Waals surface area contributed by atoms with Crippen molar-refractivity contribution in [3.05, 3.63) is 35.9 Å². The van der Waals surface area contributed by atoms with E-state index in [9.17, 15) is 14.4 Å². The van der Waals surface area contributed by atoms with Crippen LogP contribution in [0, 0.1) is 5.92 Å². The fraction of sp³-hybridized carbons (Fsp3) is 0.471. The Balaban J connectivity index is 1.65. The quantitative estimate of drug-likeness (QED) is 0.600. The molecule has 0 aliphatic carbocycles. The Kier molecular flexibility index (Phi) is 6.17. The summed E-state index contributed by atoms with van der Waals surface area (Å²) in [5, 5.41) is 2.55. The summed E-state index contributed by atoms with van der Waals surface area (Å²) in [4.78, 5) is 36.1. The number of carbonyl (C=O) groups excluding carboxylic acids is 3. The number of benzene rings is 1. The number of alkyl carbamates (subject to hydrolysis) is 1. The van der Waals surface area contributed by atoms with Gasteiger partial charge in [0.1, 0.15) is 12.6 Å². The summed E-state index contributed by atoms with van der Waals surface area (Å²) in [6.45, 7) is 4.60. The van der Waals surface area contributed by atoms with Crippen molar-refractivity contribution < 1.29 is 23.9 Å². The largest absolute Gasteiger partial charge is 0.466 e. The van der Waals surface area contributed by atoms with Gasteiger partial charge in [-0.15, -0.1) is 0 Å². The van der Waals surface area contributed by atoms with E-state index < -0.39 is 12.1 Å². The highest BCUT2D eigenvalue weighted by molar-refractivity contribution is 5.91. The molecule has 0 bridgehead atoms. The second-order valence-electron chi connectivity index (χ2n) is 5.91. The molecule has 1 aromatic rings. The average Bonchev–Trinajstić information content (AvgIpc) is 2.57. The molecular formula is C17H22N2O5. The number of likely N-dealkylation sites (tertiary alicyclic amines) is 1. The molecule has 7 heteroatoms. The van der Waals surface area contributed by atoms with Gasteiger partial charge in [0.05, 0.1) is 13.2 Å². The Morgan fingerprint density at radius 2 is 2.00 bits per heavy atom. The van der Waals surface area contributed by atoms with E-state index in [0.717, 1.165) is 5.56 Å². The molecule has 1 N–H and O–H groups in total. The molecule has 1 aromatic carbocycles. The monoisotopic (exact) mass is 334 g/mol. The molecule has 7 nitrogen and oxygen atoms in total. The predicted molar refractivity (Wildman–Crippen MR) is 85.9 cm³/mol. The molecule has 24 heavy (non-hydrogen) atoms. The second kappa shape index (κ2) is 8.33. The molecule has 2 amide bonds. The Bertz CT molecular complexity index is 590. The van der Waals surface area contributed by atoms with E-state index in [4.69, 9.17) is 9.47 Å². The number of nitrogens with one attached hydrogen (secondary N) is 1. The maximum absolute atomic E-state index is 12.0. The minimum atomic E-state index is -0.607. The molecular weight excluding hydrogens is 312 g/mol. The highest BCUT2D eigenvalue weighted by Gasteiger charge is 2.38. The lowest BCUT2D eigenvalue weighted by Gasteiger charge is -2.39. The fourth-order valence-electron chi connectivity index (χ4n) is 2.36. The second-order valence-corrected chi connectivity index (χ2v) is 5.91. The number of ether oxygens (including phenoxy) is 2. The predicted octanol–water partition coefficient (Wildman–Crippen LogP) is 1.32.